The molecule has 202 valence electrons. The minimum atomic E-state index is -0.132. The van der Waals surface area contributed by atoms with E-state index in [9.17, 15) is 0 Å². The first-order valence-corrected chi connectivity index (χ1v) is 14.2. The monoisotopic (exact) mass is 536 g/mol. The Balaban J connectivity index is 1.49. The fourth-order valence-corrected chi connectivity index (χ4v) is 5.80. The molecule has 0 saturated heterocycles. The molecule has 6 heteroatoms. The van der Waals surface area contributed by atoms with Crippen molar-refractivity contribution in [3.63, 3.8) is 0 Å². The summed E-state index contributed by atoms with van der Waals surface area (Å²) in [4.78, 5) is 12.8. The van der Waals surface area contributed by atoms with Crippen LogP contribution in [0.25, 0.3) is 5.69 Å². The van der Waals surface area contributed by atoms with Gasteiger partial charge in [0.1, 0.15) is 0 Å². The third-order valence-electron chi connectivity index (χ3n) is 7.99. The summed E-state index contributed by atoms with van der Waals surface area (Å²) in [6.07, 6.45) is 0.997. The first kappa shape index (κ1) is 25.0. The van der Waals surface area contributed by atoms with Gasteiger partial charge >= 0.3 is 0 Å². The molecule has 0 amide bonds. The van der Waals surface area contributed by atoms with Crippen molar-refractivity contribution in [2.45, 2.75) is 40.2 Å². The average Bonchev–Trinajstić information content (AvgIpc) is 3.34. The lowest BCUT2D eigenvalue weighted by Gasteiger charge is -2.40. The Morgan fingerprint density at radius 2 is 1.56 bits per heavy atom. The second-order valence-corrected chi connectivity index (χ2v) is 10.8. The highest BCUT2D eigenvalue weighted by molar-refractivity contribution is 6.51. The lowest BCUT2D eigenvalue weighted by molar-refractivity contribution is 0.814. The highest BCUT2D eigenvalue weighted by Crippen LogP contribution is 2.48. The molecule has 2 aliphatic rings. The van der Waals surface area contributed by atoms with Crippen molar-refractivity contribution >= 4 is 34.6 Å². The number of benzene rings is 4. The number of anilines is 2. The second kappa shape index (κ2) is 9.89. The van der Waals surface area contributed by atoms with E-state index in [1.165, 1.54) is 16.7 Å². The van der Waals surface area contributed by atoms with Crippen molar-refractivity contribution in [2.24, 2.45) is 9.98 Å². The number of nitrogens with one attached hydrogen (secondary N) is 1. The molecule has 6 nitrogen and oxygen atoms in total. The Hall–Kier alpha value is -4.97. The number of hydrogen-bond donors (Lipinski definition) is 1. The molecule has 1 aromatic heterocycles. The highest BCUT2D eigenvalue weighted by Gasteiger charge is 2.41. The molecule has 0 bridgehead atoms. The van der Waals surface area contributed by atoms with E-state index in [2.05, 4.69) is 111 Å². The predicted octanol–water partition coefficient (Wildman–Crippen LogP) is 8.16. The SMILES string of the molecule is CCc1ccc([C@H]2c3c(C)nn(-c4ccccc4)c3N=C3C(Nc4cc(C)ccc4C)=Nc4ccccc4N32)cc1. The van der Waals surface area contributed by atoms with Crippen molar-refractivity contribution < 1.29 is 0 Å². The standard InChI is InChI=1S/C35H32N6/c1-5-25-17-19-26(20-18-25)32-31-24(4)39-41(27-11-7-6-8-12-27)34(31)38-35-33(37-29-21-22(2)15-16-23(29)3)36-28-13-9-10-14-30(28)40(32)35/h6-21,32H,5H2,1-4H3,(H,36,37)/t32-/m0/s1. The minimum absolute atomic E-state index is 0.132. The summed E-state index contributed by atoms with van der Waals surface area (Å²) in [5.74, 6) is 2.33. The molecule has 0 spiro atoms. The van der Waals surface area contributed by atoms with Gasteiger partial charge in [-0.25, -0.2) is 14.7 Å². The van der Waals surface area contributed by atoms with Crippen LogP contribution in [-0.2, 0) is 6.42 Å². The second-order valence-electron chi connectivity index (χ2n) is 10.8. The Labute approximate surface area is 240 Å². The summed E-state index contributed by atoms with van der Waals surface area (Å²) in [5.41, 5.74) is 10.8. The maximum absolute atomic E-state index is 5.35. The Morgan fingerprint density at radius 3 is 2.34 bits per heavy atom. The molecule has 0 fully saturated rings. The first-order chi connectivity index (χ1) is 20.0. The number of amidine groups is 2. The fourth-order valence-electron chi connectivity index (χ4n) is 5.80. The number of hydrogen-bond acceptors (Lipinski definition) is 5. The number of aliphatic imine (C=N–C) groups is 2. The Kier molecular flexibility index (Phi) is 6.04. The third-order valence-corrected chi connectivity index (χ3v) is 7.99. The lowest BCUT2D eigenvalue weighted by Crippen LogP contribution is -2.46. The van der Waals surface area contributed by atoms with Crippen molar-refractivity contribution in [3.05, 3.63) is 131 Å². The zero-order valence-corrected chi connectivity index (χ0v) is 23.8. The minimum Gasteiger partial charge on any atom is -0.337 e. The van der Waals surface area contributed by atoms with Crippen LogP contribution in [0.15, 0.2) is 107 Å². The van der Waals surface area contributed by atoms with E-state index in [0.29, 0.717) is 0 Å². The molecule has 5 aromatic rings. The topological polar surface area (TPSA) is 57.8 Å². The van der Waals surface area contributed by atoms with Gasteiger partial charge in [-0.2, -0.15) is 5.10 Å². The van der Waals surface area contributed by atoms with Crippen molar-refractivity contribution in [1.29, 1.82) is 0 Å². The van der Waals surface area contributed by atoms with Crippen LogP contribution in [0.3, 0.4) is 0 Å². The highest BCUT2D eigenvalue weighted by atomic mass is 15.4. The quantitative estimate of drug-likeness (QED) is 0.252. The summed E-state index contributed by atoms with van der Waals surface area (Å²) in [5, 5.41) is 8.71. The zero-order valence-electron chi connectivity index (χ0n) is 23.8. The number of rotatable bonds is 4. The normalized spacial score (nSPS) is 15.4. The molecule has 3 heterocycles. The molecular weight excluding hydrogens is 504 g/mol. The lowest BCUT2D eigenvalue weighted by atomic mass is 9.92. The van der Waals surface area contributed by atoms with Crippen molar-refractivity contribution in [2.75, 3.05) is 10.2 Å². The zero-order chi connectivity index (χ0) is 28.1. The summed E-state index contributed by atoms with van der Waals surface area (Å²) >= 11 is 0. The Morgan fingerprint density at radius 1 is 0.805 bits per heavy atom. The Bertz CT molecular complexity index is 1830. The molecule has 7 rings (SSSR count). The summed E-state index contributed by atoms with van der Waals surface area (Å²) in [6.45, 7) is 8.50. The van der Waals surface area contributed by atoms with Gasteiger partial charge in [0.25, 0.3) is 0 Å². The smallest absolute Gasteiger partial charge is 0.179 e. The van der Waals surface area contributed by atoms with Gasteiger partial charge < -0.3 is 10.2 Å². The number of aromatic nitrogens is 2. The average molecular weight is 537 g/mol. The molecule has 0 unspecified atom stereocenters. The van der Waals surface area contributed by atoms with E-state index in [-0.39, 0.29) is 6.04 Å². The van der Waals surface area contributed by atoms with Crippen LogP contribution in [0, 0.1) is 20.8 Å². The number of aryl methyl sites for hydroxylation is 4. The van der Waals surface area contributed by atoms with Crippen LogP contribution in [0.1, 0.15) is 46.5 Å². The first-order valence-electron chi connectivity index (χ1n) is 14.2. The summed E-state index contributed by atoms with van der Waals surface area (Å²) < 4.78 is 1.97. The molecule has 4 aromatic carbocycles. The predicted molar refractivity (Wildman–Crippen MR) is 169 cm³/mol. The van der Waals surface area contributed by atoms with Crippen molar-refractivity contribution in [1.82, 2.24) is 9.78 Å². The third kappa shape index (κ3) is 4.23. The van der Waals surface area contributed by atoms with Gasteiger partial charge in [-0.05, 0) is 79.8 Å². The molecule has 1 atom stereocenters. The number of fused-ring (bicyclic) bond motifs is 4. The molecule has 2 aliphatic heterocycles. The van der Waals surface area contributed by atoms with E-state index in [1.807, 2.05) is 28.9 Å². The molecule has 41 heavy (non-hydrogen) atoms. The van der Waals surface area contributed by atoms with E-state index < -0.39 is 0 Å². The van der Waals surface area contributed by atoms with Crippen LogP contribution in [0.5, 0.6) is 0 Å². The van der Waals surface area contributed by atoms with E-state index >= 15 is 0 Å². The van der Waals surface area contributed by atoms with Crippen LogP contribution in [0.2, 0.25) is 0 Å². The number of nitrogens with zero attached hydrogens (tertiary/aromatic N) is 5. The molecule has 0 aliphatic carbocycles. The van der Waals surface area contributed by atoms with Gasteiger partial charge in [-0.3, -0.25) is 0 Å². The van der Waals surface area contributed by atoms with Crippen LogP contribution in [0.4, 0.5) is 22.9 Å². The molecular formula is C35H32N6. The molecule has 0 radical (unpaired) electrons. The van der Waals surface area contributed by atoms with E-state index in [1.54, 1.807) is 0 Å². The maximum atomic E-state index is 5.35. The van der Waals surface area contributed by atoms with Gasteiger partial charge in [-0.15, -0.1) is 0 Å². The van der Waals surface area contributed by atoms with Gasteiger partial charge in [0.2, 0.25) is 0 Å². The fraction of sp³-hybridized carbons (Fsp3) is 0.171. The van der Waals surface area contributed by atoms with Crippen molar-refractivity contribution in [3.8, 4) is 5.69 Å². The van der Waals surface area contributed by atoms with Gasteiger partial charge in [0.15, 0.2) is 17.5 Å². The largest absolute Gasteiger partial charge is 0.337 e. The van der Waals surface area contributed by atoms with Crippen LogP contribution < -0.4 is 10.2 Å². The summed E-state index contributed by atoms with van der Waals surface area (Å²) in [7, 11) is 0. The molecule has 1 N–H and O–H groups in total. The molecule has 0 saturated carbocycles. The van der Waals surface area contributed by atoms with Gasteiger partial charge in [0.05, 0.1) is 28.8 Å². The number of para-hydroxylation sites is 3. The van der Waals surface area contributed by atoms with Gasteiger partial charge in [0, 0.05) is 11.3 Å². The van der Waals surface area contributed by atoms with E-state index in [0.717, 1.165) is 63.5 Å². The van der Waals surface area contributed by atoms with Crippen LogP contribution in [-0.4, -0.2) is 21.5 Å². The summed E-state index contributed by atoms with van der Waals surface area (Å²) in [6, 6.07) is 33.8. The van der Waals surface area contributed by atoms with Crippen LogP contribution >= 0.6 is 0 Å². The van der Waals surface area contributed by atoms with E-state index in [4.69, 9.17) is 15.1 Å². The van der Waals surface area contributed by atoms with Gasteiger partial charge in [-0.1, -0.05) is 73.7 Å². The maximum Gasteiger partial charge on any atom is 0.179 e.